The van der Waals surface area contributed by atoms with Gasteiger partial charge in [-0.1, -0.05) is 49.3 Å². The molecule has 0 aromatic carbocycles. The van der Waals surface area contributed by atoms with Crippen molar-refractivity contribution in [2.75, 3.05) is 0 Å². The molecule has 1 aliphatic heterocycles. The maximum atomic E-state index is 11.8. The van der Waals surface area contributed by atoms with Crippen LogP contribution in [0.5, 0.6) is 0 Å². The van der Waals surface area contributed by atoms with E-state index in [1.807, 2.05) is 31.4 Å². The molecule has 0 bridgehead atoms. The predicted octanol–water partition coefficient (Wildman–Crippen LogP) is 3.36. The molecular formula is C8H12OS3. The fraction of sp³-hybridized carbons (Fsp3) is 0.875. The quantitative estimate of drug-likeness (QED) is 0.582. The van der Waals surface area contributed by atoms with Gasteiger partial charge in [0.05, 0.1) is 10.8 Å². The van der Waals surface area contributed by atoms with Crippen LogP contribution < -0.4 is 0 Å². The maximum Gasteiger partial charge on any atom is 0.148 e. The Morgan fingerprint density at radius 2 is 1.42 bits per heavy atom. The molecule has 1 saturated heterocycles. The first kappa shape index (κ1) is 9.28. The lowest BCUT2D eigenvalue weighted by atomic mass is 9.54. The van der Waals surface area contributed by atoms with Crippen LogP contribution in [-0.2, 0) is 4.79 Å². The average Bonchev–Trinajstić information content (AvgIpc) is 1.81. The Labute approximate surface area is 84.6 Å². The molecule has 0 atom stereocenters. The molecule has 2 rings (SSSR count). The van der Waals surface area contributed by atoms with Gasteiger partial charge in [-0.05, 0) is 9.83 Å². The van der Waals surface area contributed by atoms with E-state index >= 15 is 0 Å². The second-order valence-corrected chi connectivity index (χ2v) is 9.02. The number of hydrogen-bond donors (Lipinski definition) is 0. The Bertz CT molecular complexity index is 233. The van der Waals surface area contributed by atoms with Crippen LogP contribution >= 0.6 is 31.4 Å². The van der Waals surface area contributed by atoms with Crippen LogP contribution in [0.25, 0.3) is 0 Å². The topological polar surface area (TPSA) is 17.1 Å². The fourth-order valence-electron chi connectivity index (χ4n) is 2.32. The Morgan fingerprint density at radius 1 is 1.00 bits per heavy atom. The summed E-state index contributed by atoms with van der Waals surface area (Å²) in [6, 6.07) is 0. The van der Waals surface area contributed by atoms with Crippen molar-refractivity contribution in [3.8, 4) is 0 Å². The first-order valence-electron chi connectivity index (χ1n) is 3.95. The molecule has 0 amide bonds. The minimum absolute atomic E-state index is 0.128. The molecule has 68 valence electrons. The van der Waals surface area contributed by atoms with Crippen molar-refractivity contribution in [1.82, 2.24) is 0 Å². The maximum absolute atomic E-state index is 11.8. The first-order chi connectivity index (χ1) is 5.36. The van der Waals surface area contributed by atoms with Crippen molar-refractivity contribution < 1.29 is 4.79 Å². The van der Waals surface area contributed by atoms with E-state index in [0.29, 0.717) is 5.78 Å². The third kappa shape index (κ3) is 0.676. The van der Waals surface area contributed by atoms with Gasteiger partial charge in [0.2, 0.25) is 0 Å². The van der Waals surface area contributed by atoms with Crippen molar-refractivity contribution in [3.05, 3.63) is 0 Å². The van der Waals surface area contributed by atoms with Crippen LogP contribution in [0, 0.1) is 10.8 Å². The molecule has 2 fully saturated rings. The zero-order valence-corrected chi connectivity index (χ0v) is 10.1. The van der Waals surface area contributed by atoms with Crippen molar-refractivity contribution in [2.24, 2.45) is 10.8 Å². The van der Waals surface area contributed by atoms with E-state index in [-0.39, 0.29) is 14.9 Å². The number of rotatable bonds is 0. The molecule has 0 unspecified atom stereocenters. The molecule has 2 aliphatic rings. The zero-order chi connectivity index (χ0) is 9.20. The lowest BCUT2D eigenvalue weighted by Gasteiger charge is -2.66. The van der Waals surface area contributed by atoms with Gasteiger partial charge in [0, 0.05) is 0 Å². The summed E-state index contributed by atoms with van der Waals surface area (Å²) in [6.07, 6.45) is 0. The van der Waals surface area contributed by atoms with Gasteiger partial charge in [-0.25, -0.2) is 0 Å². The molecule has 1 saturated carbocycles. The third-order valence-electron chi connectivity index (χ3n) is 3.08. The standard InChI is InChI=1S/C8H12OS3/c1-6(2)5(9)7(3,4)8(6)10-12-11-8/h1-4H3. The lowest BCUT2D eigenvalue weighted by Crippen LogP contribution is -2.71. The molecule has 4 heteroatoms. The summed E-state index contributed by atoms with van der Waals surface area (Å²) >= 11 is 0. The SMILES string of the molecule is CC1(C)C(=O)C(C)(C)C12SSS2. The number of carbonyl (C=O) groups excluding carboxylic acids is 1. The Hall–Kier alpha value is 0.720. The van der Waals surface area contributed by atoms with Gasteiger partial charge in [-0.2, -0.15) is 0 Å². The normalized spacial score (nSPS) is 34.2. The highest BCUT2D eigenvalue weighted by Crippen LogP contribution is 2.83. The molecule has 1 nitrogen and oxygen atoms in total. The summed E-state index contributed by atoms with van der Waals surface area (Å²) in [6.45, 7) is 8.28. The Morgan fingerprint density at radius 3 is 1.58 bits per heavy atom. The molecule has 1 heterocycles. The number of carbonyl (C=O) groups is 1. The zero-order valence-electron chi connectivity index (χ0n) is 7.63. The predicted molar refractivity (Wildman–Crippen MR) is 58.1 cm³/mol. The van der Waals surface area contributed by atoms with Crippen LogP contribution in [0.15, 0.2) is 0 Å². The van der Waals surface area contributed by atoms with Gasteiger partial charge in [-0.15, -0.1) is 0 Å². The third-order valence-corrected chi connectivity index (χ3v) is 10.00. The summed E-state index contributed by atoms with van der Waals surface area (Å²) in [5.74, 6) is 0.412. The molecule has 12 heavy (non-hydrogen) atoms. The lowest BCUT2D eigenvalue weighted by molar-refractivity contribution is -0.152. The van der Waals surface area contributed by atoms with Crippen LogP contribution in [0.4, 0.5) is 0 Å². The van der Waals surface area contributed by atoms with E-state index in [9.17, 15) is 4.79 Å². The van der Waals surface area contributed by atoms with Gasteiger partial charge in [0.1, 0.15) is 9.86 Å². The summed E-state index contributed by atoms with van der Waals surface area (Å²) in [5.41, 5.74) is -0.256. The van der Waals surface area contributed by atoms with Gasteiger partial charge < -0.3 is 0 Å². The van der Waals surface area contributed by atoms with Gasteiger partial charge in [0.15, 0.2) is 0 Å². The highest BCUT2D eigenvalue weighted by atomic mass is 33.5. The molecule has 0 radical (unpaired) electrons. The van der Waals surface area contributed by atoms with Gasteiger partial charge in [-0.3, -0.25) is 4.79 Å². The van der Waals surface area contributed by atoms with E-state index in [4.69, 9.17) is 0 Å². The summed E-state index contributed by atoms with van der Waals surface area (Å²) in [4.78, 5) is 11.8. The van der Waals surface area contributed by atoms with E-state index in [0.717, 1.165) is 0 Å². The first-order valence-corrected chi connectivity index (χ1v) is 7.43. The second kappa shape index (κ2) is 2.20. The van der Waals surface area contributed by atoms with Crippen LogP contribution in [0.3, 0.4) is 0 Å². The van der Waals surface area contributed by atoms with Crippen LogP contribution in [0.1, 0.15) is 27.7 Å². The smallest absolute Gasteiger partial charge is 0.148 e. The summed E-state index contributed by atoms with van der Waals surface area (Å²) in [5, 5.41) is 0. The second-order valence-electron chi connectivity index (χ2n) is 4.43. The summed E-state index contributed by atoms with van der Waals surface area (Å²) in [7, 11) is 5.55. The highest BCUT2D eigenvalue weighted by molar-refractivity contribution is 9.18. The minimum atomic E-state index is -0.128. The fourth-order valence-corrected chi connectivity index (χ4v) is 8.68. The monoisotopic (exact) mass is 220 g/mol. The van der Waals surface area contributed by atoms with Crippen molar-refractivity contribution in [1.29, 1.82) is 0 Å². The summed E-state index contributed by atoms with van der Waals surface area (Å²) < 4.78 is 0.155. The van der Waals surface area contributed by atoms with E-state index in [2.05, 4.69) is 27.7 Å². The van der Waals surface area contributed by atoms with Crippen molar-refractivity contribution in [3.63, 3.8) is 0 Å². The minimum Gasteiger partial charge on any atom is -0.298 e. The average molecular weight is 220 g/mol. The molecule has 0 aromatic heterocycles. The molecular weight excluding hydrogens is 208 g/mol. The van der Waals surface area contributed by atoms with Crippen molar-refractivity contribution >= 4 is 37.2 Å². The van der Waals surface area contributed by atoms with E-state index in [1.165, 1.54) is 0 Å². The van der Waals surface area contributed by atoms with Crippen LogP contribution in [0.2, 0.25) is 0 Å². The number of ketones is 1. The highest BCUT2D eigenvalue weighted by Gasteiger charge is 2.76. The number of Topliss-reactive ketones (excluding diaryl/α,β-unsaturated/α-hetero) is 1. The molecule has 1 spiro atoms. The largest absolute Gasteiger partial charge is 0.298 e. The Balaban J connectivity index is 2.39. The van der Waals surface area contributed by atoms with Crippen LogP contribution in [-0.4, -0.2) is 9.86 Å². The van der Waals surface area contributed by atoms with Gasteiger partial charge in [0.25, 0.3) is 0 Å². The number of hydrogen-bond acceptors (Lipinski definition) is 4. The molecule has 0 N–H and O–H groups in total. The molecule has 0 aromatic rings. The van der Waals surface area contributed by atoms with E-state index < -0.39 is 0 Å². The Kier molecular flexibility index (Phi) is 1.70. The van der Waals surface area contributed by atoms with E-state index in [1.54, 1.807) is 0 Å². The van der Waals surface area contributed by atoms with Gasteiger partial charge >= 0.3 is 0 Å². The van der Waals surface area contributed by atoms with Crippen molar-refractivity contribution in [2.45, 2.75) is 31.8 Å². The molecule has 1 aliphatic carbocycles.